The van der Waals surface area contributed by atoms with Gasteiger partial charge in [-0.05, 0) is 6.92 Å². The maximum atomic E-state index is 8.43. The molecule has 1 heterocycles. The molecule has 0 amide bonds. The molecule has 1 aromatic heterocycles. The van der Waals surface area contributed by atoms with Crippen LogP contribution in [0, 0.1) is 6.92 Å². The summed E-state index contributed by atoms with van der Waals surface area (Å²) in [6, 6.07) is 0. The van der Waals surface area contributed by atoms with Gasteiger partial charge in [-0.2, -0.15) is 0 Å². The fourth-order valence-electron chi connectivity index (χ4n) is 1.05. The first kappa shape index (κ1) is 11.8. The number of rotatable bonds is 4. The lowest BCUT2D eigenvalue weighted by Gasteiger charge is -2.08. The van der Waals surface area contributed by atoms with Crippen molar-refractivity contribution in [2.45, 2.75) is 30.7 Å². The Morgan fingerprint density at radius 3 is 2.80 bits per heavy atom. The summed E-state index contributed by atoms with van der Waals surface area (Å²) < 4.78 is 1.91. The third-order valence-corrected chi connectivity index (χ3v) is 3.12. The van der Waals surface area contributed by atoms with Gasteiger partial charge in [0, 0.05) is 18.7 Å². The van der Waals surface area contributed by atoms with Crippen molar-refractivity contribution >= 4 is 17.6 Å². The summed E-state index contributed by atoms with van der Waals surface area (Å²) in [6.45, 7) is 3.89. The molecule has 0 saturated heterocycles. The van der Waals surface area contributed by atoms with Crippen molar-refractivity contribution in [2.24, 2.45) is 17.9 Å². The molecule has 3 N–H and O–H groups in total. The molecule has 1 unspecified atom stereocenters. The zero-order valence-corrected chi connectivity index (χ0v) is 9.82. The zero-order valence-electron chi connectivity index (χ0n) is 9.01. The number of aromatic nitrogens is 3. The molecule has 0 radical (unpaired) electrons. The molecular weight excluding hydrogens is 214 g/mol. The number of hydrogen-bond donors (Lipinski definition) is 2. The van der Waals surface area contributed by atoms with Crippen LogP contribution in [-0.4, -0.2) is 31.1 Å². The number of nitrogens with two attached hydrogens (primary N) is 1. The number of oxime groups is 1. The van der Waals surface area contributed by atoms with Crippen molar-refractivity contribution in [3.63, 3.8) is 0 Å². The summed E-state index contributed by atoms with van der Waals surface area (Å²) in [5, 5.41) is 20.4. The maximum Gasteiger partial charge on any atom is 0.191 e. The quantitative estimate of drug-likeness (QED) is 0.261. The molecule has 0 fully saturated rings. The average molecular weight is 229 g/mol. The predicted molar refractivity (Wildman–Crippen MR) is 59.1 cm³/mol. The second-order valence-electron chi connectivity index (χ2n) is 3.31. The van der Waals surface area contributed by atoms with E-state index in [0.717, 1.165) is 11.0 Å². The van der Waals surface area contributed by atoms with Gasteiger partial charge in [0.05, 0.1) is 0 Å². The minimum absolute atomic E-state index is 0.197. The van der Waals surface area contributed by atoms with Gasteiger partial charge in [-0.3, -0.25) is 0 Å². The fourth-order valence-corrected chi connectivity index (χ4v) is 2.04. The summed E-state index contributed by atoms with van der Waals surface area (Å²) in [5.41, 5.74) is 5.41. The van der Waals surface area contributed by atoms with Crippen LogP contribution in [0.15, 0.2) is 10.3 Å². The van der Waals surface area contributed by atoms with E-state index < -0.39 is 0 Å². The topological polar surface area (TPSA) is 89.3 Å². The highest BCUT2D eigenvalue weighted by molar-refractivity contribution is 7.99. The molecule has 1 rings (SSSR count). The van der Waals surface area contributed by atoms with Crippen LogP contribution in [0.25, 0.3) is 0 Å². The van der Waals surface area contributed by atoms with Crippen molar-refractivity contribution in [3.05, 3.63) is 5.82 Å². The molecule has 0 aliphatic rings. The molecule has 15 heavy (non-hydrogen) atoms. The maximum absolute atomic E-state index is 8.43. The average Bonchev–Trinajstić information content (AvgIpc) is 2.49. The third-order valence-electron chi connectivity index (χ3n) is 1.98. The van der Waals surface area contributed by atoms with E-state index in [1.165, 1.54) is 0 Å². The summed E-state index contributed by atoms with van der Waals surface area (Å²) in [7, 11) is 1.91. The first-order chi connectivity index (χ1) is 7.04. The van der Waals surface area contributed by atoms with E-state index >= 15 is 0 Å². The monoisotopic (exact) mass is 229 g/mol. The summed E-state index contributed by atoms with van der Waals surface area (Å²) in [4.78, 5) is 0. The predicted octanol–water partition coefficient (Wildman–Crippen LogP) is 0.741. The van der Waals surface area contributed by atoms with Crippen LogP contribution in [0.2, 0.25) is 0 Å². The van der Waals surface area contributed by atoms with Crippen LogP contribution in [0.1, 0.15) is 19.2 Å². The second-order valence-corrected chi connectivity index (χ2v) is 4.72. The van der Waals surface area contributed by atoms with Gasteiger partial charge >= 0.3 is 0 Å². The molecule has 1 aromatic rings. The number of nitrogens with zero attached hydrogens (tertiary/aromatic N) is 4. The van der Waals surface area contributed by atoms with Gasteiger partial charge in [-0.15, -0.1) is 10.2 Å². The van der Waals surface area contributed by atoms with Crippen LogP contribution in [0.5, 0.6) is 0 Å². The Morgan fingerprint density at radius 2 is 2.33 bits per heavy atom. The summed E-state index contributed by atoms with van der Waals surface area (Å²) in [6.07, 6.45) is 0.521. The van der Waals surface area contributed by atoms with E-state index in [4.69, 9.17) is 10.9 Å². The highest BCUT2D eigenvalue weighted by atomic mass is 32.2. The van der Waals surface area contributed by atoms with Gasteiger partial charge in [0.1, 0.15) is 11.7 Å². The Bertz CT molecular complexity index is 362. The highest BCUT2D eigenvalue weighted by Gasteiger charge is 2.12. The largest absolute Gasteiger partial charge is 0.409 e. The van der Waals surface area contributed by atoms with Crippen LogP contribution < -0.4 is 5.73 Å². The van der Waals surface area contributed by atoms with Crippen molar-refractivity contribution < 1.29 is 5.21 Å². The van der Waals surface area contributed by atoms with Gasteiger partial charge in [0.25, 0.3) is 0 Å². The molecule has 84 valence electrons. The van der Waals surface area contributed by atoms with Crippen LogP contribution >= 0.6 is 11.8 Å². The molecule has 0 aliphatic heterocycles. The van der Waals surface area contributed by atoms with Crippen molar-refractivity contribution in [2.75, 3.05) is 0 Å². The van der Waals surface area contributed by atoms with Crippen LogP contribution in [-0.2, 0) is 7.05 Å². The van der Waals surface area contributed by atoms with E-state index in [2.05, 4.69) is 15.4 Å². The Balaban J connectivity index is 2.59. The molecule has 1 atom stereocenters. The van der Waals surface area contributed by atoms with Crippen molar-refractivity contribution in [1.29, 1.82) is 0 Å². The fraction of sp³-hybridized carbons (Fsp3) is 0.625. The van der Waals surface area contributed by atoms with Gasteiger partial charge in [0.2, 0.25) is 0 Å². The van der Waals surface area contributed by atoms with Crippen LogP contribution in [0.4, 0.5) is 0 Å². The number of amidine groups is 1. The number of aryl methyl sites for hydroxylation is 1. The van der Waals surface area contributed by atoms with Gasteiger partial charge in [-0.1, -0.05) is 23.8 Å². The molecule has 0 aliphatic carbocycles. The molecule has 6 nitrogen and oxygen atoms in total. The van der Waals surface area contributed by atoms with E-state index in [-0.39, 0.29) is 11.1 Å². The number of thioether (sulfide) groups is 1. The Labute approximate surface area is 92.6 Å². The summed E-state index contributed by atoms with van der Waals surface area (Å²) >= 11 is 1.55. The van der Waals surface area contributed by atoms with Gasteiger partial charge < -0.3 is 15.5 Å². The molecule has 0 saturated carbocycles. The first-order valence-corrected chi connectivity index (χ1v) is 5.41. The molecule has 0 aromatic carbocycles. The lowest BCUT2D eigenvalue weighted by molar-refractivity contribution is 0.317. The molecule has 0 spiro atoms. The van der Waals surface area contributed by atoms with E-state index in [9.17, 15) is 0 Å². The molecular formula is C8H15N5OS. The Morgan fingerprint density at radius 1 is 1.67 bits per heavy atom. The van der Waals surface area contributed by atoms with Crippen molar-refractivity contribution in [3.8, 4) is 0 Å². The Hall–Kier alpha value is -1.24. The molecule has 7 heteroatoms. The van der Waals surface area contributed by atoms with Gasteiger partial charge in [0.15, 0.2) is 5.16 Å². The minimum Gasteiger partial charge on any atom is -0.409 e. The Kier molecular flexibility index (Phi) is 3.96. The lowest BCUT2D eigenvalue weighted by Crippen LogP contribution is -2.17. The highest BCUT2D eigenvalue weighted by Crippen LogP contribution is 2.22. The van der Waals surface area contributed by atoms with Crippen LogP contribution in [0.3, 0.4) is 0 Å². The lowest BCUT2D eigenvalue weighted by atomic mass is 10.3. The SMILES string of the molecule is Cc1nnc(SC(C)CC(N)=NO)n1C. The smallest absolute Gasteiger partial charge is 0.191 e. The zero-order chi connectivity index (χ0) is 11.4. The van der Waals surface area contributed by atoms with Gasteiger partial charge in [-0.25, -0.2) is 0 Å². The normalized spacial score (nSPS) is 14.2. The number of hydrogen-bond acceptors (Lipinski definition) is 5. The second kappa shape index (κ2) is 5.01. The molecule has 0 bridgehead atoms. The standard InChI is InChI=1S/C8H15N5OS/c1-5(4-7(9)12-14)15-8-11-10-6(2)13(8)3/h5,14H,4H2,1-3H3,(H2,9,12). The van der Waals surface area contributed by atoms with Crippen molar-refractivity contribution in [1.82, 2.24) is 14.8 Å². The van der Waals surface area contributed by atoms with E-state index in [0.29, 0.717) is 6.42 Å². The minimum atomic E-state index is 0.197. The first-order valence-electron chi connectivity index (χ1n) is 4.53. The summed E-state index contributed by atoms with van der Waals surface area (Å²) in [5.74, 6) is 1.10. The van der Waals surface area contributed by atoms with E-state index in [1.807, 2.05) is 25.5 Å². The third kappa shape index (κ3) is 3.12. The van der Waals surface area contributed by atoms with E-state index in [1.54, 1.807) is 11.8 Å².